The average Bonchev–Trinajstić information content (AvgIpc) is 3.28. The monoisotopic (exact) mass is 433 g/mol. The van der Waals surface area contributed by atoms with E-state index in [2.05, 4.69) is 59.8 Å². The summed E-state index contributed by atoms with van der Waals surface area (Å²) in [5.41, 5.74) is 4.37. The predicted molar refractivity (Wildman–Crippen MR) is 124 cm³/mol. The molecular formula is C25H31N5O2. The molecule has 0 aliphatic heterocycles. The summed E-state index contributed by atoms with van der Waals surface area (Å²) in [6.07, 6.45) is 4.04. The normalized spacial score (nSPS) is 20.7. The Kier molecular flexibility index (Phi) is 6.26. The van der Waals surface area contributed by atoms with E-state index in [0.29, 0.717) is 18.1 Å². The molecule has 0 bridgehead atoms. The number of carbonyl (C=O) groups is 1. The van der Waals surface area contributed by atoms with Gasteiger partial charge in [-0.15, -0.1) is 5.10 Å². The third-order valence-electron chi connectivity index (χ3n) is 6.38. The van der Waals surface area contributed by atoms with Crippen molar-refractivity contribution >= 4 is 11.7 Å². The van der Waals surface area contributed by atoms with Crippen LogP contribution in [0.15, 0.2) is 42.5 Å². The zero-order valence-corrected chi connectivity index (χ0v) is 19.3. The summed E-state index contributed by atoms with van der Waals surface area (Å²) in [6, 6.07) is 13.7. The first-order chi connectivity index (χ1) is 15.4. The molecule has 3 aromatic rings. The Balaban J connectivity index is 1.75. The summed E-state index contributed by atoms with van der Waals surface area (Å²) in [7, 11) is 0. The Bertz CT molecular complexity index is 1100. The van der Waals surface area contributed by atoms with Gasteiger partial charge in [0, 0.05) is 5.69 Å². The molecule has 0 saturated heterocycles. The molecule has 1 fully saturated rings. The molecule has 4 rings (SSSR count). The molecule has 0 radical (unpaired) electrons. The standard InChI is InChI=1S/C25H31N5O2/c1-5-32-23(31)20-7-6-8-21(16-20)30-24(27-28-29-30)25(13-11-17(2)12-14-25)26-22-10-9-18(3)15-19(22)4/h6-10,15-17,26H,5,11-14H2,1-4H3. The molecule has 1 aliphatic rings. The van der Waals surface area contributed by atoms with Crippen LogP contribution in [-0.2, 0) is 10.3 Å². The van der Waals surface area contributed by atoms with Gasteiger partial charge in [-0.25, -0.2) is 4.79 Å². The molecule has 7 nitrogen and oxygen atoms in total. The van der Waals surface area contributed by atoms with Gasteiger partial charge in [-0.2, -0.15) is 4.68 Å². The second kappa shape index (κ2) is 9.10. The summed E-state index contributed by atoms with van der Waals surface area (Å²) >= 11 is 0. The van der Waals surface area contributed by atoms with E-state index >= 15 is 0 Å². The maximum atomic E-state index is 12.3. The van der Waals surface area contributed by atoms with Gasteiger partial charge >= 0.3 is 5.97 Å². The van der Waals surface area contributed by atoms with Gasteiger partial charge in [0.1, 0.15) is 0 Å². The minimum Gasteiger partial charge on any atom is -0.462 e. The van der Waals surface area contributed by atoms with E-state index in [-0.39, 0.29) is 5.97 Å². The number of benzene rings is 2. The van der Waals surface area contributed by atoms with E-state index < -0.39 is 5.54 Å². The van der Waals surface area contributed by atoms with Crippen molar-refractivity contribution in [3.8, 4) is 5.69 Å². The Hall–Kier alpha value is -3.22. The van der Waals surface area contributed by atoms with Gasteiger partial charge in [-0.1, -0.05) is 30.7 Å². The molecular weight excluding hydrogens is 402 g/mol. The molecule has 0 unspecified atom stereocenters. The number of aryl methyl sites for hydroxylation is 2. The summed E-state index contributed by atoms with van der Waals surface area (Å²) in [5.74, 6) is 1.09. The minimum absolute atomic E-state index is 0.334. The van der Waals surface area contributed by atoms with Gasteiger partial charge in [-0.3, -0.25) is 0 Å². The first-order valence-corrected chi connectivity index (χ1v) is 11.3. The van der Waals surface area contributed by atoms with Crippen LogP contribution in [0.4, 0.5) is 5.69 Å². The molecule has 168 valence electrons. The number of tetrazole rings is 1. The highest BCUT2D eigenvalue weighted by Crippen LogP contribution is 2.42. The number of nitrogens with one attached hydrogen (secondary N) is 1. The van der Waals surface area contributed by atoms with Crippen LogP contribution in [0, 0.1) is 19.8 Å². The third kappa shape index (κ3) is 4.38. The Morgan fingerprint density at radius 2 is 1.97 bits per heavy atom. The van der Waals surface area contributed by atoms with E-state index in [4.69, 9.17) is 4.74 Å². The van der Waals surface area contributed by atoms with Gasteiger partial charge in [0.15, 0.2) is 5.82 Å². The van der Waals surface area contributed by atoms with E-state index in [1.165, 1.54) is 11.1 Å². The lowest BCUT2D eigenvalue weighted by atomic mass is 9.76. The number of carbonyl (C=O) groups excluding carboxylic acids is 1. The summed E-state index contributed by atoms with van der Waals surface area (Å²) in [4.78, 5) is 12.3. The van der Waals surface area contributed by atoms with Gasteiger partial charge in [0.25, 0.3) is 0 Å². The predicted octanol–water partition coefficient (Wildman–Crippen LogP) is 4.97. The maximum absolute atomic E-state index is 12.3. The SMILES string of the molecule is CCOC(=O)c1cccc(-n2nnnc2C2(Nc3ccc(C)cc3C)CCC(C)CC2)c1. The zero-order valence-electron chi connectivity index (χ0n) is 19.3. The quantitative estimate of drug-likeness (QED) is 0.553. The topological polar surface area (TPSA) is 81.9 Å². The van der Waals surface area contributed by atoms with Crippen LogP contribution < -0.4 is 5.32 Å². The van der Waals surface area contributed by atoms with Gasteiger partial charge in [0.2, 0.25) is 0 Å². The van der Waals surface area contributed by atoms with Crippen LogP contribution in [-0.4, -0.2) is 32.8 Å². The number of rotatable bonds is 6. The Morgan fingerprint density at radius 1 is 1.19 bits per heavy atom. The average molecular weight is 434 g/mol. The van der Waals surface area contributed by atoms with Crippen molar-refractivity contribution in [3.63, 3.8) is 0 Å². The highest BCUT2D eigenvalue weighted by molar-refractivity contribution is 5.90. The van der Waals surface area contributed by atoms with Crippen molar-refractivity contribution in [3.05, 3.63) is 65.0 Å². The van der Waals surface area contributed by atoms with Crippen LogP contribution in [0.2, 0.25) is 0 Å². The molecule has 0 spiro atoms. The number of anilines is 1. The lowest BCUT2D eigenvalue weighted by Crippen LogP contribution is -2.41. The molecule has 0 amide bonds. The van der Waals surface area contributed by atoms with Crippen molar-refractivity contribution in [1.82, 2.24) is 20.2 Å². The highest BCUT2D eigenvalue weighted by atomic mass is 16.5. The van der Waals surface area contributed by atoms with E-state index in [1.807, 2.05) is 12.1 Å². The second-order valence-electron chi connectivity index (χ2n) is 8.89. The van der Waals surface area contributed by atoms with Crippen LogP contribution in [0.3, 0.4) is 0 Å². The number of esters is 1. The molecule has 2 aromatic carbocycles. The van der Waals surface area contributed by atoms with Crippen molar-refractivity contribution in [2.75, 3.05) is 11.9 Å². The smallest absolute Gasteiger partial charge is 0.338 e. The molecule has 1 aromatic heterocycles. The van der Waals surface area contributed by atoms with Gasteiger partial charge in [-0.05, 0) is 92.6 Å². The zero-order chi connectivity index (χ0) is 22.7. The maximum Gasteiger partial charge on any atom is 0.338 e. The fourth-order valence-electron chi connectivity index (χ4n) is 4.51. The van der Waals surface area contributed by atoms with Crippen molar-refractivity contribution in [2.45, 2.75) is 58.9 Å². The van der Waals surface area contributed by atoms with Crippen LogP contribution in [0.1, 0.15) is 66.8 Å². The number of ether oxygens (including phenoxy) is 1. The molecule has 32 heavy (non-hydrogen) atoms. The number of hydrogen-bond acceptors (Lipinski definition) is 6. The Morgan fingerprint density at radius 3 is 2.69 bits per heavy atom. The molecule has 0 atom stereocenters. The molecule has 7 heteroatoms. The Labute approximate surface area is 189 Å². The van der Waals surface area contributed by atoms with E-state index in [1.54, 1.807) is 23.7 Å². The first-order valence-electron chi connectivity index (χ1n) is 11.3. The molecule has 1 heterocycles. The number of nitrogens with zero attached hydrogens (tertiary/aromatic N) is 4. The summed E-state index contributed by atoms with van der Waals surface area (Å²) in [5, 5.41) is 16.7. The number of hydrogen-bond donors (Lipinski definition) is 1. The minimum atomic E-state index is -0.393. The van der Waals surface area contributed by atoms with Crippen LogP contribution in [0.5, 0.6) is 0 Å². The number of aromatic nitrogens is 4. The van der Waals surface area contributed by atoms with Crippen molar-refractivity contribution in [1.29, 1.82) is 0 Å². The van der Waals surface area contributed by atoms with E-state index in [0.717, 1.165) is 42.9 Å². The highest BCUT2D eigenvalue weighted by Gasteiger charge is 2.41. The first kappa shape index (κ1) is 22.0. The van der Waals surface area contributed by atoms with Crippen LogP contribution >= 0.6 is 0 Å². The van der Waals surface area contributed by atoms with E-state index in [9.17, 15) is 4.79 Å². The van der Waals surface area contributed by atoms with Crippen molar-refractivity contribution < 1.29 is 9.53 Å². The van der Waals surface area contributed by atoms with Crippen molar-refractivity contribution in [2.24, 2.45) is 5.92 Å². The van der Waals surface area contributed by atoms with Gasteiger partial charge < -0.3 is 10.1 Å². The largest absolute Gasteiger partial charge is 0.462 e. The third-order valence-corrected chi connectivity index (χ3v) is 6.38. The molecule has 1 saturated carbocycles. The molecule has 1 aliphatic carbocycles. The molecule has 1 N–H and O–H groups in total. The second-order valence-corrected chi connectivity index (χ2v) is 8.89. The summed E-state index contributed by atoms with van der Waals surface area (Å²) in [6.45, 7) is 8.66. The fourth-order valence-corrected chi connectivity index (χ4v) is 4.51. The summed E-state index contributed by atoms with van der Waals surface area (Å²) < 4.78 is 6.93. The lowest BCUT2D eigenvalue weighted by molar-refractivity contribution is 0.0526. The lowest BCUT2D eigenvalue weighted by Gasteiger charge is -2.40. The van der Waals surface area contributed by atoms with Gasteiger partial charge in [0.05, 0.1) is 23.4 Å². The van der Waals surface area contributed by atoms with Crippen LogP contribution in [0.25, 0.3) is 5.69 Å². The fraction of sp³-hybridized carbons (Fsp3) is 0.440.